The van der Waals surface area contributed by atoms with E-state index in [4.69, 9.17) is 17.0 Å². The van der Waals surface area contributed by atoms with Crippen LogP contribution in [0.2, 0.25) is 0 Å². The second kappa shape index (κ2) is 3.77. The Labute approximate surface area is 89.5 Å². The maximum atomic E-state index is 12.9. The molecule has 0 fully saturated rings. The van der Waals surface area contributed by atoms with Crippen LogP contribution in [0.15, 0.2) is 18.2 Å². The minimum Gasteiger partial charge on any atom is -0.494 e. The van der Waals surface area contributed by atoms with Crippen molar-refractivity contribution in [3.63, 3.8) is 0 Å². The number of hydrogen-bond donors (Lipinski definition) is 1. The summed E-state index contributed by atoms with van der Waals surface area (Å²) in [4.78, 5) is 0. The highest BCUT2D eigenvalue weighted by atomic mass is 32.1. The van der Waals surface area contributed by atoms with Crippen molar-refractivity contribution in [3.05, 3.63) is 28.8 Å². The molecule has 1 N–H and O–H groups in total. The molecule has 0 atom stereocenters. The molecular weight excluding hydrogens is 219 g/mol. The first-order valence-corrected chi connectivity index (χ1v) is 4.47. The molecule has 0 radical (unpaired) electrons. The minimum atomic E-state index is -0.380. The molecule has 5 nitrogen and oxygen atoms in total. The topological polar surface area (TPSA) is 55.7 Å². The summed E-state index contributed by atoms with van der Waals surface area (Å²) in [5.74, 6) is -0.0215. The van der Waals surface area contributed by atoms with Crippen molar-refractivity contribution in [1.82, 2.24) is 20.2 Å². The summed E-state index contributed by atoms with van der Waals surface area (Å²) in [6, 6.07) is 4.10. The second-order valence-electron chi connectivity index (χ2n) is 2.73. The third-order valence-corrected chi connectivity index (χ3v) is 2.12. The predicted molar refractivity (Wildman–Crippen MR) is 53.1 cm³/mol. The summed E-state index contributed by atoms with van der Waals surface area (Å²) in [5.41, 5.74) is 0.564. The molecule has 78 valence electrons. The largest absolute Gasteiger partial charge is 0.494 e. The fourth-order valence-corrected chi connectivity index (χ4v) is 1.37. The van der Waals surface area contributed by atoms with E-state index in [2.05, 4.69) is 15.5 Å². The highest BCUT2D eigenvalue weighted by Gasteiger charge is 2.08. The zero-order chi connectivity index (χ0) is 10.8. The van der Waals surface area contributed by atoms with Crippen LogP contribution in [0.3, 0.4) is 0 Å². The quantitative estimate of drug-likeness (QED) is 0.788. The standard InChI is InChI=1S/C8H7FN4OS/c1-14-7-4-5(9)2-3-6(7)13-8(15)10-11-12-13/h2-4H,1H3,(H,10,12,15). The maximum Gasteiger partial charge on any atom is 0.243 e. The van der Waals surface area contributed by atoms with Gasteiger partial charge in [0.1, 0.15) is 17.3 Å². The van der Waals surface area contributed by atoms with Gasteiger partial charge in [0.2, 0.25) is 4.77 Å². The maximum absolute atomic E-state index is 12.9. The lowest BCUT2D eigenvalue weighted by Gasteiger charge is -2.07. The molecule has 15 heavy (non-hydrogen) atoms. The van der Waals surface area contributed by atoms with Gasteiger partial charge < -0.3 is 4.74 Å². The van der Waals surface area contributed by atoms with Crippen LogP contribution in [0.25, 0.3) is 5.69 Å². The molecule has 7 heteroatoms. The van der Waals surface area contributed by atoms with Crippen LogP contribution in [-0.2, 0) is 0 Å². The molecule has 0 spiro atoms. The number of H-pyrrole nitrogens is 1. The summed E-state index contributed by atoms with van der Waals surface area (Å²) >= 11 is 4.92. The lowest BCUT2D eigenvalue weighted by Crippen LogP contribution is -2.00. The Morgan fingerprint density at radius 3 is 2.93 bits per heavy atom. The van der Waals surface area contributed by atoms with E-state index in [1.165, 1.54) is 30.0 Å². The zero-order valence-corrected chi connectivity index (χ0v) is 8.58. The van der Waals surface area contributed by atoms with E-state index >= 15 is 0 Å². The smallest absolute Gasteiger partial charge is 0.243 e. The van der Waals surface area contributed by atoms with Gasteiger partial charge in [-0.3, -0.25) is 0 Å². The summed E-state index contributed by atoms with van der Waals surface area (Å²) in [6.45, 7) is 0. The third-order valence-electron chi connectivity index (χ3n) is 1.85. The van der Waals surface area contributed by atoms with E-state index in [0.29, 0.717) is 11.4 Å². The van der Waals surface area contributed by atoms with Gasteiger partial charge in [-0.15, -0.1) is 0 Å². The molecule has 0 aliphatic rings. The number of aromatic nitrogens is 4. The Morgan fingerprint density at radius 1 is 1.53 bits per heavy atom. The molecule has 1 heterocycles. The average Bonchev–Trinajstić information content (AvgIpc) is 2.64. The summed E-state index contributed by atoms with van der Waals surface area (Å²) in [7, 11) is 1.45. The highest BCUT2D eigenvalue weighted by molar-refractivity contribution is 7.71. The van der Waals surface area contributed by atoms with Gasteiger partial charge in [-0.05, 0) is 24.4 Å². The van der Waals surface area contributed by atoms with Crippen molar-refractivity contribution in [1.29, 1.82) is 0 Å². The number of benzene rings is 1. The molecule has 1 aromatic heterocycles. The van der Waals surface area contributed by atoms with Gasteiger partial charge in [-0.2, -0.15) is 5.21 Å². The number of hydrogen-bond acceptors (Lipinski definition) is 4. The van der Waals surface area contributed by atoms with Gasteiger partial charge in [0.25, 0.3) is 0 Å². The molecule has 2 aromatic rings. The normalized spacial score (nSPS) is 10.3. The molecule has 0 amide bonds. The lowest BCUT2D eigenvalue weighted by atomic mass is 10.3. The van der Waals surface area contributed by atoms with Crippen LogP contribution >= 0.6 is 12.2 Å². The van der Waals surface area contributed by atoms with Gasteiger partial charge in [-0.1, -0.05) is 10.3 Å². The van der Waals surface area contributed by atoms with Crippen LogP contribution < -0.4 is 4.74 Å². The van der Waals surface area contributed by atoms with E-state index in [0.717, 1.165) is 0 Å². The van der Waals surface area contributed by atoms with Gasteiger partial charge >= 0.3 is 0 Å². The Bertz CT molecular complexity index is 535. The Balaban J connectivity index is 2.63. The molecule has 0 unspecified atom stereocenters. The SMILES string of the molecule is COc1cc(F)ccc1-n1[nH]nnc1=S. The van der Waals surface area contributed by atoms with Crippen molar-refractivity contribution in [2.24, 2.45) is 0 Å². The van der Waals surface area contributed by atoms with Crippen molar-refractivity contribution in [3.8, 4) is 11.4 Å². The van der Waals surface area contributed by atoms with E-state index in [1.807, 2.05) is 0 Å². The molecule has 2 rings (SSSR count). The van der Waals surface area contributed by atoms with E-state index in [-0.39, 0.29) is 10.6 Å². The number of ether oxygens (including phenoxy) is 1. The predicted octanol–water partition coefficient (Wildman–Crippen LogP) is 1.47. The lowest BCUT2D eigenvalue weighted by molar-refractivity contribution is 0.407. The number of nitrogens with zero attached hydrogens (tertiary/aromatic N) is 3. The number of aromatic amines is 1. The number of halogens is 1. The summed E-state index contributed by atoms with van der Waals surface area (Å²) in [5, 5.41) is 9.71. The van der Waals surface area contributed by atoms with Crippen LogP contribution in [0.1, 0.15) is 0 Å². The van der Waals surface area contributed by atoms with Gasteiger partial charge in [-0.25, -0.2) is 9.07 Å². The first-order chi connectivity index (χ1) is 7.22. The molecule has 1 aromatic carbocycles. The number of rotatable bonds is 2. The van der Waals surface area contributed by atoms with E-state index in [1.54, 1.807) is 0 Å². The van der Waals surface area contributed by atoms with Crippen molar-refractivity contribution < 1.29 is 9.13 Å². The minimum absolute atomic E-state index is 0.250. The van der Waals surface area contributed by atoms with Gasteiger partial charge in [0.05, 0.1) is 7.11 Å². The molecule has 0 aliphatic carbocycles. The highest BCUT2D eigenvalue weighted by Crippen LogP contribution is 2.22. The molecular formula is C8H7FN4OS. The summed E-state index contributed by atoms with van der Waals surface area (Å²) in [6.07, 6.45) is 0. The van der Waals surface area contributed by atoms with Crippen molar-refractivity contribution in [2.75, 3.05) is 7.11 Å². The van der Waals surface area contributed by atoms with Crippen molar-refractivity contribution in [2.45, 2.75) is 0 Å². The Morgan fingerprint density at radius 2 is 2.33 bits per heavy atom. The average molecular weight is 226 g/mol. The van der Waals surface area contributed by atoms with Crippen molar-refractivity contribution >= 4 is 12.2 Å². The van der Waals surface area contributed by atoms with Gasteiger partial charge in [0.15, 0.2) is 0 Å². The number of tetrazole rings is 1. The molecule has 0 saturated carbocycles. The second-order valence-corrected chi connectivity index (χ2v) is 3.10. The van der Waals surface area contributed by atoms with Crippen LogP contribution in [0, 0.1) is 10.6 Å². The monoisotopic (exact) mass is 226 g/mol. The Kier molecular flexibility index (Phi) is 2.46. The van der Waals surface area contributed by atoms with E-state index in [9.17, 15) is 4.39 Å². The van der Waals surface area contributed by atoms with Crippen LogP contribution in [0.5, 0.6) is 5.75 Å². The van der Waals surface area contributed by atoms with Crippen LogP contribution in [-0.4, -0.2) is 27.3 Å². The van der Waals surface area contributed by atoms with E-state index < -0.39 is 0 Å². The summed E-state index contributed by atoms with van der Waals surface area (Å²) < 4.78 is 19.6. The molecule has 0 aliphatic heterocycles. The third kappa shape index (κ3) is 1.73. The number of nitrogens with one attached hydrogen (secondary N) is 1. The van der Waals surface area contributed by atoms with Crippen LogP contribution in [0.4, 0.5) is 4.39 Å². The molecule has 0 saturated heterocycles. The first kappa shape index (κ1) is 9.78. The first-order valence-electron chi connectivity index (χ1n) is 4.06. The fraction of sp³-hybridized carbons (Fsp3) is 0.125. The van der Waals surface area contributed by atoms with Gasteiger partial charge in [0, 0.05) is 6.07 Å². The Hall–Kier alpha value is -1.76. The molecule has 0 bridgehead atoms. The number of methoxy groups -OCH3 is 1. The zero-order valence-electron chi connectivity index (χ0n) is 7.77. The fourth-order valence-electron chi connectivity index (χ4n) is 1.19.